The number of nitrogens with zero attached hydrogens (tertiary/aromatic N) is 1. The summed E-state index contributed by atoms with van der Waals surface area (Å²) in [7, 11) is 0. The summed E-state index contributed by atoms with van der Waals surface area (Å²) in [6.07, 6.45) is 1.02. The van der Waals surface area contributed by atoms with Crippen molar-refractivity contribution < 1.29 is 4.74 Å². The standard InChI is InChI=1S/C25H31Cl2NOS/c1-6-18(4)24(16-29-15-20-10-8-7-9-11-20)28-25(17(2)3)19(5)30-23-13-21(26)12-22(27)14-23/h7-14,17-18H,6,15-16H2,1-5H3/b25-19+,28-24?/t18-/m1/s1. The van der Waals surface area contributed by atoms with Gasteiger partial charge in [-0.2, -0.15) is 0 Å². The SMILES string of the molecule is CC[C@@H](C)C(COCc1ccccc1)=N/C(=C(\C)Sc1cc(Cl)cc(Cl)c1)C(C)C. The first-order valence-corrected chi connectivity index (χ1v) is 11.9. The van der Waals surface area contributed by atoms with Crippen molar-refractivity contribution in [2.24, 2.45) is 16.8 Å². The third-order valence-corrected chi connectivity index (χ3v) is 6.24. The molecule has 1 atom stereocenters. The lowest BCUT2D eigenvalue weighted by atomic mass is 10.0. The first-order valence-electron chi connectivity index (χ1n) is 10.3. The highest BCUT2D eigenvalue weighted by molar-refractivity contribution is 8.03. The van der Waals surface area contributed by atoms with Crippen LogP contribution < -0.4 is 0 Å². The van der Waals surface area contributed by atoms with Crippen molar-refractivity contribution >= 4 is 40.7 Å². The molecule has 2 nitrogen and oxygen atoms in total. The van der Waals surface area contributed by atoms with Gasteiger partial charge < -0.3 is 4.74 Å². The minimum absolute atomic E-state index is 0.292. The molecule has 0 amide bonds. The smallest absolute Gasteiger partial charge is 0.0856 e. The molecule has 0 unspecified atom stereocenters. The number of allylic oxidation sites excluding steroid dienone is 2. The van der Waals surface area contributed by atoms with Crippen molar-refractivity contribution in [3.63, 3.8) is 0 Å². The summed E-state index contributed by atoms with van der Waals surface area (Å²) in [5, 5.41) is 1.28. The van der Waals surface area contributed by atoms with E-state index in [-0.39, 0.29) is 0 Å². The quantitative estimate of drug-likeness (QED) is 0.259. The topological polar surface area (TPSA) is 21.6 Å². The van der Waals surface area contributed by atoms with E-state index < -0.39 is 0 Å². The second-order valence-corrected chi connectivity index (χ2v) is 9.85. The summed E-state index contributed by atoms with van der Waals surface area (Å²) >= 11 is 14.0. The number of halogens is 2. The van der Waals surface area contributed by atoms with Gasteiger partial charge >= 0.3 is 0 Å². The Morgan fingerprint density at radius 3 is 2.23 bits per heavy atom. The molecule has 2 aromatic carbocycles. The molecule has 0 aromatic heterocycles. The molecule has 0 N–H and O–H groups in total. The summed E-state index contributed by atoms with van der Waals surface area (Å²) < 4.78 is 6.02. The summed E-state index contributed by atoms with van der Waals surface area (Å²) in [5.74, 6) is 0.647. The van der Waals surface area contributed by atoms with E-state index in [0.717, 1.165) is 27.6 Å². The number of hydrogen-bond acceptors (Lipinski definition) is 3. The molecule has 0 saturated heterocycles. The molecule has 2 aromatic rings. The minimum atomic E-state index is 0.292. The van der Waals surface area contributed by atoms with Gasteiger partial charge in [0, 0.05) is 25.6 Å². The van der Waals surface area contributed by atoms with Crippen molar-refractivity contribution in [1.82, 2.24) is 0 Å². The van der Waals surface area contributed by atoms with E-state index in [1.54, 1.807) is 17.8 Å². The van der Waals surface area contributed by atoms with Gasteiger partial charge in [0.15, 0.2) is 0 Å². The van der Waals surface area contributed by atoms with Crippen LogP contribution in [0.5, 0.6) is 0 Å². The van der Waals surface area contributed by atoms with Crippen LogP contribution in [0.1, 0.15) is 46.6 Å². The average Bonchev–Trinajstić information content (AvgIpc) is 2.69. The van der Waals surface area contributed by atoms with Crippen molar-refractivity contribution in [1.29, 1.82) is 0 Å². The van der Waals surface area contributed by atoms with Crippen LogP contribution in [0.15, 0.2) is 69.0 Å². The van der Waals surface area contributed by atoms with Crippen molar-refractivity contribution in [3.8, 4) is 0 Å². The maximum absolute atomic E-state index is 6.17. The van der Waals surface area contributed by atoms with Crippen molar-refractivity contribution in [2.45, 2.75) is 52.5 Å². The first-order chi connectivity index (χ1) is 14.3. The second-order valence-electron chi connectivity index (χ2n) is 7.69. The number of benzene rings is 2. The number of rotatable bonds is 10. The predicted molar refractivity (Wildman–Crippen MR) is 133 cm³/mol. The van der Waals surface area contributed by atoms with Crippen LogP contribution in [0.25, 0.3) is 0 Å². The molecular weight excluding hydrogens is 433 g/mol. The second kappa shape index (κ2) is 12.6. The Bertz CT molecular complexity index is 858. The molecular formula is C25H31Cl2NOS. The van der Waals surface area contributed by atoms with Crippen molar-refractivity contribution in [2.75, 3.05) is 6.61 Å². The van der Waals surface area contributed by atoms with Crippen LogP contribution in [0.3, 0.4) is 0 Å². The summed E-state index contributed by atoms with van der Waals surface area (Å²) in [6.45, 7) is 12.0. The first kappa shape index (κ1) is 25.0. The molecule has 0 aliphatic heterocycles. The molecule has 0 radical (unpaired) electrons. The third-order valence-electron chi connectivity index (χ3n) is 4.82. The zero-order chi connectivity index (χ0) is 22.1. The van der Waals surface area contributed by atoms with Crippen LogP contribution in [0.4, 0.5) is 0 Å². The molecule has 0 heterocycles. The van der Waals surface area contributed by atoms with Gasteiger partial charge in [-0.05, 0) is 48.9 Å². The zero-order valence-corrected chi connectivity index (χ0v) is 20.7. The molecule has 0 aliphatic carbocycles. The maximum atomic E-state index is 6.17. The Balaban J connectivity index is 2.24. The Kier molecular flexibility index (Phi) is 10.5. The van der Waals surface area contributed by atoms with Gasteiger partial charge in [-0.15, -0.1) is 0 Å². The summed E-state index contributed by atoms with van der Waals surface area (Å²) in [4.78, 5) is 7.27. The van der Waals surface area contributed by atoms with Gasteiger partial charge in [-0.1, -0.05) is 93.0 Å². The molecule has 0 spiro atoms. The van der Waals surface area contributed by atoms with Gasteiger partial charge in [0.25, 0.3) is 0 Å². The number of ether oxygens (including phenoxy) is 1. The zero-order valence-electron chi connectivity index (χ0n) is 18.4. The molecule has 5 heteroatoms. The van der Waals surface area contributed by atoms with E-state index in [9.17, 15) is 0 Å². The van der Waals surface area contributed by atoms with E-state index in [0.29, 0.717) is 35.1 Å². The monoisotopic (exact) mass is 463 g/mol. The lowest BCUT2D eigenvalue weighted by Gasteiger charge is -2.18. The lowest BCUT2D eigenvalue weighted by Crippen LogP contribution is -2.18. The minimum Gasteiger partial charge on any atom is -0.371 e. The van der Waals surface area contributed by atoms with E-state index in [1.807, 2.05) is 30.3 Å². The van der Waals surface area contributed by atoms with Gasteiger partial charge in [-0.3, -0.25) is 4.99 Å². The largest absolute Gasteiger partial charge is 0.371 e. The summed E-state index contributed by atoms with van der Waals surface area (Å²) in [6, 6.07) is 15.9. The van der Waals surface area contributed by atoms with Crippen LogP contribution in [-0.2, 0) is 11.3 Å². The molecule has 162 valence electrons. The molecule has 0 fully saturated rings. The molecule has 0 bridgehead atoms. The molecule has 30 heavy (non-hydrogen) atoms. The fraction of sp³-hybridized carbons (Fsp3) is 0.400. The Labute approximate surface area is 195 Å². The van der Waals surface area contributed by atoms with Gasteiger partial charge in [0.1, 0.15) is 0 Å². The number of aliphatic imine (C=N–C) groups is 1. The predicted octanol–water partition coefficient (Wildman–Crippen LogP) is 8.68. The Morgan fingerprint density at radius 1 is 1.03 bits per heavy atom. The van der Waals surface area contributed by atoms with Gasteiger partial charge in [-0.25, -0.2) is 0 Å². The van der Waals surface area contributed by atoms with E-state index in [4.69, 9.17) is 32.9 Å². The molecule has 0 aliphatic rings. The highest BCUT2D eigenvalue weighted by atomic mass is 35.5. The van der Waals surface area contributed by atoms with E-state index in [1.165, 1.54) is 5.56 Å². The van der Waals surface area contributed by atoms with Crippen LogP contribution in [-0.4, -0.2) is 12.3 Å². The third kappa shape index (κ3) is 8.11. The van der Waals surface area contributed by atoms with Crippen LogP contribution in [0.2, 0.25) is 10.0 Å². The average molecular weight is 465 g/mol. The van der Waals surface area contributed by atoms with Gasteiger partial charge in [0.05, 0.1) is 18.9 Å². The fourth-order valence-electron chi connectivity index (χ4n) is 2.95. The number of thioether (sulfide) groups is 1. The summed E-state index contributed by atoms with van der Waals surface area (Å²) in [5.41, 5.74) is 3.33. The number of hydrogen-bond donors (Lipinski definition) is 0. The van der Waals surface area contributed by atoms with Crippen LogP contribution >= 0.6 is 35.0 Å². The van der Waals surface area contributed by atoms with Crippen molar-refractivity contribution in [3.05, 3.63) is 74.7 Å². The fourth-order valence-corrected chi connectivity index (χ4v) is 4.72. The normalized spacial score (nSPS) is 14.1. The Morgan fingerprint density at radius 2 is 1.67 bits per heavy atom. The van der Waals surface area contributed by atoms with Gasteiger partial charge in [0.2, 0.25) is 0 Å². The highest BCUT2D eigenvalue weighted by Gasteiger charge is 2.15. The van der Waals surface area contributed by atoms with Crippen LogP contribution in [0, 0.1) is 11.8 Å². The molecule has 2 rings (SSSR count). The van der Waals surface area contributed by atoms with E-state index in [2.05, 4.69) is 46.8 Å². The maximum Gasteiger partial charge on any atom is 0.0856 e. The molecule has 0 saturated carbocycles. The van der Waals surface area contributed by atoms with E-state index >= 15 is 0 Å². The Hall–Kier alpha value is -1.26. The highest BCUT2D eigenvalue weighted by Crippen LogP contribution is 2.35. The lowest BCUT2D eigenvalue weighted by molar-refractivity contribution is 0.155.